The van der Waals surface area contributed by atoms with Crippen LogP contribution in [0.4, 0.5) is 6.01 Å². The third-order valence-corrected chi connectivity index (χ3v) is 3.61. The summed E-state index contributed by atoms with van der Waals surface area (Å²) in [6.45, 7) is 3.97. The summed E-state index contributed by atoms with van der Waals surface area (Å²) in [5, 5.41) is 16.3. The maximum atomic E-state index is 12.0. The van der Waals surface area contributed by atoms with Crippen LogP contribution in [-0.4, -0.2) is 25.9 Å². The quantitative estimate of drug-likeness (QED) is 0.801. The Hall–Kier alpha value is -2.48. The van der Waals surface area contributed by atoms with E-state index in [4.69, 9.17) is 4.42 Å². The molecule has 3 rings (SSSR count). The highest BCUT2D eigenvalue weighted by atomic mass is 32.1. The first-order valence-electron chi connectivity index (χ1n) is 6.37. The lowest BCUT2D eigenvalue weighted by Gasteiger charge is -2.03. The van der Waals surface area contributed by atoms with Crippen molar-refractivity contribution in [2.24, 2.45) is 0 Å². The van der Waals surface area contributed by atoms with E-state index in [0.29, 0.717) is 11.6 Å². The van der Waals surface area contributed by atoms with E-state index in [1.54, 1.807) is 16.9 Å². The average molecular weight is 303 g/mol. The third kappa shape index (κ3) is 2.84. The van der Waals surface area contributed by atoms with Gasteiger partial charge in [-0.1, -0.05) is 11.2 Å². The van der Waals surface area contributed by atoms with Gasteiger partial charge in [-0.25, -0.2) is 0 Å². The van der Waals surface area contributed by atoms with Crippen LogP contribution in [0.25, 0.3) is 10.8 Å². The highest BCUT2D eigenvalue weighted by Gasteiger charge is 2.15. The van der Waals surface area contributed by atoms with Crippen molar-refractivity contribution >= 4 is 23.3 Å². The predicted octanol–water partition coefficient (Wildman–Crippen LogP) is 2.83. The second-order valence-corrected chi connectivity index (χ2v) is 5.57. The van der Waals surface area contributed by atoms with E-state index in [-0.39, 0.29) is 18.0 Å². The van der Waals surface area contributed by atoms with Crippen LogP contribution in [0.2, 0.25) is 0 Å². The van der Waals surface area contributed by atoms with Gasteiger partial charge < -0.3 is 4.42 Å². The second kappa shape index (κ2) is 5.49. The molecule has 1 amide bonds. The molecule has 0 saturated heterocycles. The van der Waals surface area contributed by atoms with Crippen molar-refractivity contribution < 1.29 is 9.21 Å². The van der Waals surface area contributed by atoms with Crippen molar-refractivity contribution in [3.05, 3.63) is 35.5 Å². The molecule has 0 radical (unpaired) electrons. The van der Waals surface area contributed by atoms with E-state index in [1.807, 2.05) is 31.4 Å². The molecule has 0 aliphatic heterocycles. The van der Waals surface area contributed by atoms with Crippen LogP contribution < -0.4 is 5.32 Å². The zero-order chi connectivity index (χ0) is 14.8. The molecule has 0 fully saturated rings. The smallest absolute Gasteiger partial charge is 0.322 e. The molecule has 0 atom stereocenters. The minimum absolute atomic E-state index is 0.0579. The van der Waals surface area contributed by atoms with Gasteiger partial charge in [0.25, 0.3) is 11.8 Å². The summed E-state index contributed by atoms with van der Waals surface area (Å²) < 4.78 is 7.10. The summed E-state index contributed by atoms with van der Waals surface area (Å²) >= 11 is 1.49. The van der Waals surface area contributed by atoms with Gasteiger partial charge in [0.05, 0.1) is 4.88 Å². The highest BCUT2D eigenvalue weighted by molar-refractivity contribution is 7.13. The topological polar surface area (TPSA) is 85.8 Å². The van der Waals surface area contributed by atoms with Crippen molar-refractivity contribution in [2.75, 3.05) is 5.32 Å². The van der Waals surface area contributed by atoms with Crippen LogP contribution in [-0.2, 0) is 0 Å². The number of carbonyl (C=O) groups excluding carboxylic acids is 1. The van der Waals surface area contributed by atoms with E-state index in [9.17, 15) is 4.79 Å². The lowest BCUT2D eigenvalue weighted by atomic mass is 10.4. The molecule has 7 nitrogen and oxygen atoms in total. The fourth-order valence-electron chi connectivity index (χ4n) is 1.68. The van der Waals surface area contributed by atoms with Crippen LogP contribution in [0.1, 0.15) is 30.4 Å². The first-order chi connectivity index (χ1) is 10.1. The van der Waals surface area contributed by atoms with Crippen molar-refractivity contribution in [1.29, 1.82) is 0 Å². The number of rotatable bonds is 4. The van der Waals surface area contributed by atoms with Gasteiger partial charge in [-0.2, -0.15) is 5.10 Å². The van der Waals surface area contributed by atoms with E-state index < -0.39 is 0 Å². The van der Waals surface area contributed by atoms with Crippen LogP contribution in [0.3, 0.4) is 0 Å². The Bertz CT molecular complexity index is 744. The van der Waals surface area contributed by atoms with E-state index in [1.165, 1.54) is 11.3 Å². The van der Waals surface area contributed by atoms with E-state index in [0.717, 1.165) is 4.88 Å². The monoisotopic (exact) mass is 303 g/mol. The number of carbonyl (C=O) groups is 1. The minimum Gasteiger partial charge on any atom is -0.402 e. The zero-order valence-electron chi connectivity index (χ0n) is 11.5. The van der Waals surface area contributed by atoms with Crippen LogP contribution >= 0.6 is 11.3 Å². The first-order valence-corrected chi connectivity index (χ1v) is 7.25. The van der Waals surface area contributed by atoms with Gasteiger partial charge in [0, 0.05) is 12.2 Å². The molecule has 1 N–H and O–H groups in total. The van der Waals surface area contributed by atoms with Crippen molar-refractivity contribution in [2.45, 2.75) is 19.9 Å². The Morgan fingerprint density at radius 3 is 2.90 bits per heavy atom. The average Bonchev–Trinajstić information content (AvgIpc) is 3.19. The molecule has 0 saturated carbocycles. The van der Waals surface area contributed by atoms with Crippen molar-refractivity contribution in [3.8, 4) is 10.8 Å². The summed E-state index contributed by atoms with van der Waals surface area (Å²) in [6, 6.07) is 5.66. The SMILES string of the molecule is CC(C)n1ccc(C(=O)Nc2nnc(-c3cccs3)o2)n1. The number of amides is 1. The van der Waals surface area contributed by atoms with Gasteiger partial charge in [0.1, 0.15) is 0 Å². The Labute approximate surface area is 124 Å². The molecule has 0 unspecified atom stereocenters. The Morgan fingerprint density at radius 1 is 1.38 bits per heavy atom. The lowest BCUT2D eigenvalue weighted by Crippen LogP contribution is -2.14. The van der Waals surface area contributed by atoms with Crippen LogP contribution in [0, 0.1) is 0 Å². The molecular weight excluding hydrogens is 290 g/mol. The standard InChI is InChI=1S/C13H13N5O2S/c1-8(2)18-6-5-9(17-18)11(19)14-13-16-15-12(20-13)10-4-3-7-21-10/h3-8H,1-2H3,(H,14,16,19). The molecular formula is C13H13N5O2S. The van der Waals surface area contributed by atoms with E-state index >= 15 is 0 Å². The fourth-order valence-corrected chi connectivity index (χ4v) is 2.33. The number of nitrogens with zero attached hydrogens (tertiary/aromatic N) is 4. The molecule has 0 bridgehead atoms. The molecule has 21 heavy (non-hydrogen) atoms. The zero-order valence-corrected chi connectivity index (χ0v) is 12.3. The Balaban J connectivity index is 1.72. The minimum atomic E-state index is -0.379. The molecule has 0 spiro atoms. The number of aromatic nitrogens is 4. The van der Waals surface area contributed by atoms with Gasteiger partial charge in [-0.3, -0.25) is 14.8 Å². The number of hydrogen-bond acceptors (Lipinski definition) is 6. The molecule has 108 valence electrons. The van der Waals surface area contributed by atoms with Crippen molar-refractivity contribution in [1.82, 2.24) is 20.0 Å². The highest BCUT2D eigenvalue weighted by Crippen LogP contribution is 2.24. The maximum absolute atomic E-state index is 12.0. The molecule has 0 aliphatic carbocycles. The molecule has 3 aromatic rings. The van der Waals surface area contributed by atoms with Crippen LogP contribution in [0.15, 0.2) is 34.2 Å². The molecule has 3 aromatic heterocycles. The normalized spacial score (nSPS) is 11.0. The first kappa shape index (κ1) is 13.5. The maximum Gasteiger partial charge on any atom is 0.322 e. The molecule has 8 heteroatoms. The molecule has 3 heterocycles. The van der Waals surface area contributed by atoms with Crippen LogP contribution in [0.5, 0.6) is 0 Å². The third-order valence-electron chi connectivity index (χ3n) is 2.75. The summed E-state index contributed by atoms with van der Waals surface area (Å²) in [5.41, 5.74) is 0.305. The predicted molar refractivity (Wildman–Crippen MR) is 78.2 cm³/mol. The van der Waals surface area contributed by atoms with E-state index in [2.05, 4.69) is 20.6 Å². The second-order valence-electron chi connectivity index (χ2n) is 4.62. The number of hydrogen-bond donors (Lipinski definition) is 1. The summed E-state index contributed by atoms with van der Waals surface area (Å²) in [6.07, 6.45) is 1.75. The summed E-state index contributed by atoms with van der Waals surface area (Å²) in [5.74, 6) is 0.00351. The van der Waals surface area contributed by atoms with Gasteiger partial charge in [0.15, 0.2) is 5.69 Å². The van der Waals surface area contributed by atoms with Gasteiger partial charge >= 0.3 is 6.01 Å². The van der Waals surface area contributed by atoms with Gasteiger partial charge in [0.2, 0.25) is 0 Å². The fraction of sp³-hybridized carbons (Fsp3) is 0.231. The Morgan fingerprint density at radius 2 is 2.24 bits per heavy atom. The number of anilines is 1. The molecule has 0 aromatic carbocycles. The molecule has 0 aliphatic rings. The largest absolute Gasteiger partial charge is 0.402 e. The lowest BCUT2D eigenvalue weighted by molar-refractivity contribution is 0.101. The number of nitrogens with one attached hydrogen (secondary N) is 1. The van der Waals surface area contributed by atoms with Crippen molar-refractivity contribution in [3.63, 3.8) is 0 Å². The summed E-state index contributed by atoms with van der Waals surface area (Å²) in [7, 11) is 0. The number of thiophene rings is 1. The van der Waals surface area contributed by atoms with Gasteiger partial charge in [-0.05, 0) is 31.4 Å². The Kier molecular flexibility index (Phi) is 3.53. The van der Waals surface area contributed by atoms with Gasteiger partial charge in [-0.15, -0.1) is 16.4 Å². The summed E-state index contributed by atoms with van der Waals surface area (Å²) in [4.78, 5) is 12.9.